The lowest BCUT2D eigenvalue weighted by Gasteiger charge is -2.09. The van der Waals surface area contributed by atoms with Crippen molar-refractivity contribution >= 4 is 37.8 Å². The number of alkyl halides is 3. The van der Waals surface area contributed by atoms with E-state index in [1.807, 2.05) is 0 Å². The van der Waals surface area contributed by atoms with E-state index in [-0.39, 0.29) is 10.7 Å². The Morgan fingerprint density at radius 2 is 1.70 bits per heavy atom. The first kappa shape index (κ1) is 15.3. The second kappa shape index (κ2) is 5.54. The first-order chi connectivity index (χ1) is 10.9. The molecule has 3 rings (SSSR count). The van der Waals surface area contributed by atoms with Gasteiger partial charge in [-0.15, -0.1) is 0 Å². The summed E-state index contributed by atoms with van der Waals surface area (Å²) in [5, 5.41) is 14.6. The van der Waals surface area contributed by atoms with E-state index in [1.165, 1.54) is 12.1 Å². The second-order valence-corrected chi connectivity index (χ2v) is 5.77. The standard InChI is InChI=1S/C15H9F3N2O2S/c16-15(17,18)9-5-7-10(8-6-9)19-13-11-3-1-2-4-12(11)23-14(13)20(21)22/h1-8,19H. The van der Waals surface area contributed by atoms with Crippen LogP contribution in [0, 0.1) is 10.1 Å². The van der Waals surface area contributed by atoms with E-state index in [1.54, 1.807) is 24.3 Å². The van der Waals surface area contributed by atoms with Gasteiger partial charge in [0.1, 0.15) is 5.69 Å². The maximum atomic E-state index is 12.6. The van der Waals surface area contributed by atoms with Crippen LogP contribution in [-0.2, 0) is 6.18 Å². The Morgan fingerprint density at radius 3 is 2.30 bits per heavy atom. The number of hydrogen-bond acceptors (Lipinski definition) is 4. The highest BCUT2D eigenvalue weighted by atomic mass is 32.1. The summed E-state index contributed by atoms with van der Waals surface area (Å²) in [5.41, 5.74) is -0.132. The van der Waals surface area contributed by atoms with Crippen molar-refractivity contribution in [2.45, 2.75) is 6.18 Å². The molecule has 8 heteroatoms. The quantitative estimate of drug-likeness (QED) is 0.501. The molecule has 4 nitrogen and oxygen atoms in total. The SMILES string of the molecule is O=[N+]([O-])c1sc2ccccc2c1Nc1ccc(C(F)(F)F)cc1. The summed E-state index contributed by atoms with van der Waals surface area (Å²) in [5.74, 6) is 0. The Balaban J connectivity index is 2.01. The van der Waals surface area contributed by atoms with Gasteiger partial charge in [-0.2, -0.15) is 13.2 Å². The van der Waals surface area contributed by atoms with Gasteiger partial charge in [-0.25, -0.2) is 0 Å². The minimum atomic E-state index is -4.42. The van der Waals surface area contributed by atoms with Crippen LogP contribution in [0.1, 0.15) is 5.56 Å². The molecule has 0 radical (unpaired) electrons. The van der Waals surface area contributed by atoms with Gasteiger partial charge in [0, 0.05) is 15.8 Å². The molecule has 0 aliphatic rings. The fraction of sp³-hybridized carbons (Fsp3) is 0.0667. The van der Waals surface area contributed by atoms with Crippen molar-refractivity contribution in [2.24, 2.45) is 0 Å². The van der Waals surface area contributed by atoms with Crippen molar-refractivity contribution in [1.82, 2.24) is 0 Å². The molecule has 0 bridgehead atoms. The maximum absolute atomic E-state index is 12.6. The minimum Gasteiger partial charge on any atom is -0.349 e. The van der Waals surface area contributed by atoms with Gasteiger partial charge >= 0.3 is 11.2 Å². The molecular formula is C15H9F3N2O2S. The predicted octanol–water partition coefficient (Wildman–Crippen LogP) is 5.57. The molecule has 1 heterocycles. The fourth-order valence-electron chi connectivity index (χ4n) is 2.17. The zero-order chi connectivity index (χ0) is 16.6. The topological polar surface area (TPSA) is 55.2 Å². The number of nitrogens with zero attached hydrogens (tertiary/aromatic N) is 1. The van der Waals surface area contributed by atoms with Crippen molar-refractivity contribution in [1.29, 1.82) is 0 Å². The van der Waals surface area contributed by atoms with Crippen LogP contribution in [0.25, 0.3) is 10.1 Å². The number of benzene rings is 2. The predicted molar refractivity (Wildman–Crippen MR) is 83.2 cm³/mol. The van der Waals surface area contributed by atoms with Crippen LogP contribution in [0.3, 0.4) is 0 Å². The molecular weight excluding hydrogens is 329 g/mol. The van der Waals surface area contributed by atoms with Crippen LogP contribution >= 0.6 is 11.3 Å². The summed E-state index contributed by atoms with van der Waals surface area (Å²) in [6, 6.07) is 11.4. The van der Waals surface area contributed by atoms with Crippen molar-refractivity contribution in [3.05, 3.63) is 64.2 Å². The molecule has 1 N–H and O–H groups in total. The van der Waals surface area contributed by atoms with Gasteiger partial charge < -0.3 is 5.32 Å². The maximum Gasteiger partial charge on any atom is 0.416 e. The van der Waals surface area contributed by atoms with E-state index in [4.69, 9.17) is 0 Å². The third kappa shape index (κ3) is 2.98. The third-order valence-electron chi connectivity index (χ3n) is 3.22. The van der Waals surface area contributed by atoms with Crippen molar-refractivity contribution < 1.29 is 18.1 Å². The average Bonchev–Trinajstić information content (AvgIpc) is 2.86. The van der Waals surface area contributed by atoms with Crippen LogP contribution in [-0.4, -0.2) is 4.92 Å². The Bertz CT molecular complexity index is 873. The molecule has 118 valence electrons. The van der Waals surface area contributed by atoms with Gasteiger partial charge in [0.05, 0.1) is 10.5 Å². The van der Waals surface area contributed by atoms with Crippen molar-refractivity contribution in [2.75, 3.05) is 5.32 Å². The Hall–Kier alpha value is -2.61. The first-order valence-corrected chi connectivity index (χ1v) is 7.28. The number of hydrogen-bond donors (Lipinski definition) is 1. The van der Waals surface area contributed by atoms with Gasteiger partial charge in [0.2, 0.25) is 0 Å². The summed E-state index contributed by atoms with van der Waals surface area (Å²) < 4.78 is 38.4. The molecule has 3 aromatic rings. The first-order valence-electron chi connectivity index (χ1n) is 6.46. The number of thiophene rings is 1. The number of halogens is 3. The molecule has 0 amide bonds. The van der Waals surface area contributed by atoms with E-state index in [0.717, 1.165) is 28.2 Å². The van der Waals surface area contributed by atoms with Gasteiger partial charge in [-0.1, -0.05) is 29.5 Å². The molecule has 0 atom stereocenters. The second-order valence-electron chi connectivity index (χ2n) is 4.74. The number of fused-ring (bicyclic) bond motifs is 1. The van der Waals surface area contributed by atoms with Gasteiger partial charge in [-0.3, -0.25) is 10.1 Å². The highest BCUT2D eigenvalue weighted by molar-refractivity contribution is 7.23. The number of nitrogens with one attached hydrogen (secondary N) is 1. The zero-order valence-electron chi connectivity index (χ0n) is 11.4. The summed E-state index contributed by atoms with van der Waals surface area (Å²) in [7, 11) is 0. The molecule has 0 unspecified atom stereocenters. The molecule has 0 aliphatic carbocycles. The Kier molecular flexibility index (Phi) is 3.69. The van der Waals surface area contributed by atoms with E-state index in [2.05, 4.69) is 5.32 Å². The summed E-state index contributed by atoms with van der Waals surface area (Å²) in [6.45, 7) is 0. The fourth-order valence-corrected chi connectivity index (χ4v) is 3.14. The van der Waals surface area contributed by atoms with Gasteiger partial charge in [-0.05, 0) is 30.3 Å². The van der Waals surface area contributed by atoms with E-state index in [0.29, 0.717) is 11.1 Å². The molecule has 0 spiro atoms. The van der Waals surface area contributed by atoms with Crippen LogP contribution < -0.4 is 5.32 Å². The zero-order valence-corrected chi connectivity index (χ0v) is 12.2. The molecule has 23 heavy (non-hydrogen) atoms. The van der Waals surface area contributed by atoms with Crippen molar-refractivity contribution in [3.8, 4) is 0 Å². The number of rotatable bonds is 3. The van der Waals surface area contributed by atoms with E-state index < -0.39 is 16.7 Å². The lowest BCUT2D eigenvalue weighted by atomic mass is 10.2. The molecule has 0 fully saturated rings. The minimum absolute atomic E-state index is 0.0777. The summed E-state index contributed by atoms with van der Waals surface area (Å²) in [6.07, 6.45) is -4.42. The van der Waals surface area contributed by atoms with E-state index >= 15 is 0 Å². The number of nitro groups is 1. The smallest absolute Gasteiger partial charge is 0.349 e. The molecule has 1 aromatic heterocycles. The Labute approximate surface area is 132 Å². The lowest BCUT2D eigenvalue weighted by molar-refractivity contribution is -0.379. The van der Waals surface area contributed by atoms with Gasteiger partial charge in [0.25, 0.3) is 0 Å². The number of anilines is 2. The van der Waals surface area contributed by atoms with Crippen molar-refractivity contribution in [3.63, 3.8) is 0 Å². The largest absolute Gasteiger partial charge is 0.416 e. The van der Waals surface area contributed by atoms with Gasteiger partial charge in [0.15, 0.2) is 0 Å². The summed E-state index contributed by atoms with van der Waals surface area (Å²) >= 11 is 1.02. The third-order valence-corrected chi connectivity index (χ3v) is 4.35. The Morgan fingerprint density at radius 1 is 1.04 bits per heavy atom. The molecule has 2 aromatic carbocycles. The average molecular weight is 338 g/mol. The lowest BCUT2D eigenvalue weighted by Crippen LogP contribution is -2.04. The monoisotopic (exact) mass is 338 g/mol. The van der Waals surface area contributed by atoms with Crippen LogP contribution in [0.4, 0.5) is 29.5 Å². The van der Waals surface area contributed by atoms with E-state index in [9.17, 15) is 23.3 Å². The highest BCUT2D eigenvalue weighted by Crippen LogP contribution is 2.43. The molecule has 0 aliphatic heterocycles. The molecule has 0 saturated carbocycles. The molecule has 0 saturated heterocycles. The van der Waals surface area contributed by atoms with Crippen LogP contribution in [0.5, 0.6) is 0 Å². The highest BCUT2D eigenvalue weighted by Gasteiger charge is 2.30. The normalized spacial score (nSPS) is 11.6. The summed E-state index contributed by atoms with van der Waals surface area (Å²) in [4.78, 5) is 10.7. The van der Waals surface area contributed by atoms with Crippen LogP contribution in [0.2, 0.25) is 0 Å². The van der Waals surface area contributed by atoms with Crippen LogP contribution in [0.15, 0.2) is 48.5 Å².